The number of nitrogens with one attached hydrogen (secondary N) is 1. The molecule has 6 heteroatoms. The van der Waals surface area contributed by atoms with Crippen molar-refractivity contribution in [2.75, 3.05) is 20.8 Å². The van der Waals surface area contributed by atoms with E-state index in [0.717, 1.165) is 35.9 Å². The number of terminal acetylenes is 1. The van der Waals surface area contributed by atoms with Crippen LogP contribution in [0.25, 0.3) is 11.0 Å². The van der Waals surface area contributed by atoms with E-state index < -0.39 is 6.10 Å². The lowest BCUT2D eigenvalue weighted by atomic mass is 10.0. The quantitative estimate of drug-likeness (QED) is 0.111. The maximum absolute atomic E-state index is 5.95. The molecule has 2 heterocycles. The van der Waals surface area contributed by atoms with Gasteiger partial charge < -0.3 is 19.2 Å². The molecule has 0 aliphatic carbocycles. The lowest BCUT2D eigenvalue weighted by molar-refractivity contribution is 0.0964. The van der Waals surface area contributed by atoms with E-state index in [0.29, 0.717) is 23.8 Å². The molecule has 2 unspecified atom stereocenters. The van der Waals surface area contributed by atoms with Crippen LogP contribution >= 0.6 is 11.6 Å². The minimum atomic E-state index is -0.505. The molecule has 0 fully saturated rings. The van der Waals surface area contributed by atoms with Crippen molar-refractivity contribution in [3.8, 4) is 12.3 Å². The Morgan fingerprint density at radius 1 is 1.24 bits per heavy atom. The summed E-state index contributed by atoms with van der Waals surface area (Å²) in [4.78, 5) is 7.56. The van der Waals surface area contributed by atoms with E-state index in [-0.39, 0.29) is 6.10 Å². The van der Waals surface area contributed by atoms with Gasteiger partial charge in [0.15, 0.2) is 6.10 Å². The molecule has 0 aliphatic rings. The number of ether oxygens (including phenoxy) is 3. The number of allylic oxidation sites excluding steroid dienone is 6. The van der Waals surface area contributed by atoms with E-state index in [9.17, 15) is 0 Å². The van der Waals surface area contributed by atoms with Crippen LogP contribution in [0, 0.1) is 12.3 Å². The van der Waals surface area contributed by atoms with Crippen LogP contribution in [0.4, 0.5) is 0 Å². The van der Waals surface area contributed by atoms with Crippen LogP contribution < -0.4 is 0 Å². The van der Waals surface area contributed by atoms with Crippen LogP contribution in [-0.2, 0) is 14.2 Å². The molecule has 0 spiro atoms. The van der Waals surface area contributed by atoms with Gasteiger partial charge in [-0.15, -0.1) is 6.42 Å². The molecule has 176 valence electrons. The van der Waals surface area contributed by atoms with Gasteiger partial charge in [0.25, 0.3) is 0 Å². The molecule has 2 atom stereocenters. The monoisotopic (exact) mass is 468 g/mol. The Morgan fingerprint density at radius 2 is 2.09 bits per heavy atom. The maximum atomic E-state index is 5.95. The molecule has 2 rings (SSSR count). The summed E-state index contributed by atoms with van der Waals surface area (Å²) in [5, 5.41) is 1.80. The first-order chi connectivity index (χ1) is 16.1. The largest absolute Gasteiger partial charge is 0.494 e. The summed E-state index contributed by atoms with van der Waals surface area (Å²) in [6.07, 6.45) is 23.9. The van der Waals surface area contributed by atoms with Crippen molar-refractivity contribution < 1.29 is 14.2 Å². The topological polar surface area (TPSA) is 56.4 Å². The van der Waals surface area contributed by atoms with Crippen molar-refractivity contribution in [1.82, 2.24) is 9.97 Å². The number of nitrogens with zero attached hydrogens (tertiary/aromatic N) is 1. The molecule has 0 amide bonds. The second-order valence-electron chi connectivity index (χ2n) is 7.25. The Balaban J connectivity index is 1.87. The number of hydrogen-bond donors (Lipinski definition) is 1. The Hall–Kier alpha value is -2.78. The highest BCUT2D eigenvalue weighted by atomic mass is 35.5. The van der Waals surface area contributed by atoms with E-state index in [1.807, 2.05) is 43.5 Å². The van der Waals surface area contributed by atoms with Crippen molar-refractivity contribution in [3.05, 3.63) is 77.3 Å². The first kappa shape index (κ1) is 26.5. The molecule has 0 radical (unpaired) electrons. The zero-order valence-corrected chi connectivity index (χ0v) is 20.3. The van der Waals surface area contributed by atoms with Gasteiger partial charge in [0.2, 0.25) is 0 Å². The van der Waals surface area contributed by atoms with Crippen molar-refractivity contribution in [3.63, 3.8) is 0 Å². The van der Waals surface area contributed by atoms with Gasteiger partial charge in [0.05, 0.1) is 12.7 Å². The SMILES string of the molecule is C#CC(OC)/C(=C\CC=CCCC(OC)c1c[nH]c2ncccc12)OCC/C=C\C(Cl)=C/C. The second-order valence-corrected chi connectivity index (χ2v) is 7.69. The van der Waals surface area contributed by atoms with E-state index in [1.54, 1.807) is 20.4 Å². The molecule has 33 heavy (non-hydrogen) atoms. The van der Waals surface area contributed by atoms with E-state index >= 15 is 0 Å². The normalized spacial score (nSPS) is 14.8. The van der Waals surface area contributed by atoms with Crippen molar-refractivity contribution in [2.45, 2.75) is 44.8 Å². The van der Waals surface area contributed by atoms with Crippen molar-refractivity contribution >= 4 is 22.6 Å². The standard InChI is InChI=1S/C27H33ClN2O3/c1-5-21(28)14-11-12-19-33-26(24(6-2)31-3)17-10-8-7-9-16-25(32-4)23-20-30-27-22(23)15-13-18-29-27/h2,5,7-8,11,13-15,17-18,20,24-25H,9-10,12,16,19H2,1,3-4H3,(H,29,30)/b8-7?,14-11-,21-5+,26-17+. The average molecular weight is 469 g/mol. The predicted molar refractivity (Wildman–Crippen MR) is 136 cm³/mol. The van der Waals surface area contributed by atoms with Crippen molar-refractivity contribution in [1.29, 1.82) is 0 Å². The third-order valence-electron chi connectivity index (χ3n) is 5.08. The molecule has 1 N–H and O–H groups in total. The number of pyridine rings is 1. The molecule has 0 saturated carbocycles. The van der Waals surface area contributed by atoms with Gasteiger partial charge in [-0.25, -0.2) is 4.98 Å². The van der Waals surface area contributed by atoms with Crippen molar-refractivity contribution in [2.24, 2.45) is 0 Å². The summed E-state index contributed by atoms with van der Waals surface area (Å²) in [6, 6.07) is 4.00. The van der Waals surface area contributed by atoms with E-state index in [2.05, 4.69) is 34.1 Å². The molecule has 0 bridgehead atoms. The summed E-state index contributed by atoms with van der Waals surface area (Å²) in [5.41, 5.74) is 2.01. The fourth-order valence-corrected chi connectivity index (χ4v) is 3.42. The van der Waals surface area contributed by atoms with Gasteiger partial charge in [-0.1, -0.05) is 41.8 Å². The van der Waals surface area contributed by atoms with Crippen LogP contribution in [0.5, 0.6) is 0 Å². The summed E-state index contributed by atoms with van der Waals surface area (Å²) in [5.74, 6) is 3.26. The van der Waals surface area contributed by atoms with Crippen LogP contribution in [0.15, 0.2) is 71.8 Å². The van der Waals surface area contributed by atoms with Gasteiger partial charge >= 0.3 is 0 Å². The van der Waals surface area contributed by atoms with Gasteiger partial charge in [-0.05, 0) is 56.9 Å². The van der Waals surface area contributed by atoms with Crippen LogP contribution in [0.3, 0.4) is 0 Å². The fourth-order valence-electron chi connectivity index (χ4n) is 3.33. The van der Waals surface area contributed by atoms with Gasteiger partial charge in [-0.2, -0.15) is 0 Å². The zero-order chi connectivity index (χ0) is 23.9. The number of halogens is 1. The molecule has 2 aromatic heterocycles. The number of H-pyrrole nitrogens is 1. The third kappa shape index (κ3) is 8.58. The summed E-state index contributed by atoms with van der Waals surface area (Å²) >= 11 is 5.95. The highest BCUT2D eigenvalue weighted by molar-refractivity contribution is 6.31. The highest BCUT2D eigenvalue weighted by Gasteiger charge is 2.15. The average Bonchev–Trinajstić information content (AvgIpc) is 3.27. The van der Waals surface area contributed by atoms with Crippen LogP contribution in [0.2, 0.25) is 0 Å². The van der Waals surface area contributed by atoms with Gasteiger partial charge in [-0.3, -0.25) is 0 Å². The number of methoxy groups -OCH3 is 2. The minimum absolute atomic E-state index is 0.00506. The fraction of sp³-hybridized carbons (Fsp3) is 0.370. The number of aromatic nitrogens is 2. The number of fused-ring (bicyclic) bond motifs is 1. The van der Waals surface area contributed by atoms with Crippen LogP contribution in [0.1, 0.15) is 44.3 Å². The summed E-state index contributed by atoms with van der Waals surface area (Å²) < 4.78 is 16.9. The zero-order valence-electron chi connectivity index (χ0n) is 19.6. The molecule has 0 saturated heterocycles. The van der Waals surface area contributed by atoms with Crippen LogP contribution in [-0.4, -0.2) is 36.9 Å². The maximum Gasteiger partial charge on any atom is 0.173 e. The predicted octanol–water partition coefficient (Wildman–Crippen LogP) is 6.61. The van der Waals surface area contributed by atoms with Gasteiger partial charge in [0, 0.05) is 42.6 Å². The Kier molecular flexibility index (Phi) is 12.1. The Bertz CT molecular complexity index is 1010. The number of hydrogen-bond acceptors (Lipinski definition) is 4. The summed E-state index contributed by atoms with van der Waals surface area (Å²) in [6.45, 7) is 2.39. The minimum Gasteiger partial charge on any atom is -0.494 e. The lowest BCUT2D eigenvalue weighted by Gasteiger charge is -2.15. The molecule has 0 aliphatic heterocycles. The first-order valence-electron chi connectivity index (χ1n) is 11.0. The molecule has 5 nitrogen and oxygen atoms in total. The highest BCUT2D eigenvalue weighted by Crippen LogP contribution is 2.28. The third-order valence-corrected chi connectivity index (χ3v) is 5.43. The molecular weight excluding hydrogens is 436 g/mol. The molecule has 2 aromatic rings. The Morgan fingerprint density at radius 3 is 2.82 bits per heavy atom. The first-order valence-corrected chi connectivity index (χ1v) is 11.4. The lowest BCUT2D eigenvalue weighted by Crippen LogP contribution is -2.14. The Labute approximate surface area is 202 Å². The number of aromatic amines is 1. The van der Waals surface area contributed by atoms with Gasteiger partial charge in [0.1, 0.15) is 11.4 Å². The second kappa shape index (κ2) is 15.1. The van der Waals surface area contributed by atoms with E-state index in [4.69, 9.17) is 32.2 Å². The molecule has 0 aromatic carbocycles. The van der Waals surface area contributed by atoms with E-state index in [1.165, 1.54) is 0 Å². The summed E-state index contributed by atoms with van der Waals surface area (Å²) in [7, 11) is 3.32. The smallest absolute Gasteiger partial charge is 0.173 e. The number of rotatable bonds is 14. The molecular formula is C27H33ClN2O3.